The molecule has 1 aromatic carbocycles. The van der Waals surface area contributed by atoms with Crippen molar-refractivity contribution in [3.05, 3.63) is 52.2 Å². The molecule has 3 heterocycles. The monoisotopic (exact) mass is 408 g/mol. The Morgan fingerprint density at radius 3 is 2.50 bits per heavy atom. The quantitative estimate of drug-likeness (QED) is 0.677. The van der Waals surface area contributed by atoms with Crippen LogP contribution in [0, 0.1) is 13.8 Å². The van der Waals surface area contributed by atoms with Gasteiger partial charge in [-0.1, -0.05) is 6.07 Å². The Labute approximate surface area is 173 Å². The number of rotatable bonds is 5. The van der Waals surface area contributed by atoms with Gasteiger partial charge in [-0.25, -0.2) is 9.67 Å². The first-order valence-electron chi connectivity index (χ1n) is 9.99. The maximum atomic E-state index is 12.8. The van der Waals surface area contributed by atoms with Crippen LogP contribution < -0.4 is 10.9 Å². The third-order valence-electron chi connectivity index (χ3n) is 5.22. The van der Waals surface area contributed by atoms with Crippen LogP contribution in [0.3, 0.4) is 0 Å². The fourth-order valence-electron chi connectivity index (χ4n) is 3.79. The number of likely N-dealkylation sites (tertiary alicyclic amines) is 1. The molecular formula is C21H24N6O3. The Kier molecular flexibility index (Phi) is 5.35. The first-order valence-corrected chi connectivity index (χ1v) is 9.99. The predicted molar refractivity (Wildman–Crippen MR) is 111 cm³/mol. The highest BCUT2D eigenvalue weighted by Crippen LogP contribution is 2.17. The Morgan fingerprint density at radius 1 is 1.10 bits per heavy atom. The summed E-state index contributed by atoms with van der Waals surface area (Å²) >= 11 is 0. The molecule has 1 saturated heterocycles. The summed E-state index contributed by atoms with van der Waals surface area (Å²) in [5.41, 5.74) is 3.08. The number of nitrogens with one attached hydrogen (secondary N) is 1. The molecule has 0 radical (unpaired) electrons. The van der Waals surface area contributed by atoms with E-state index in [-0.39, 0.29) is 24.6 Å². The lowest BCUT2D eigenvalue weighted by Crippen LogP contribution is -2.40. The summed E-state index contributed by atoms with van der Waals surface area (Å²) < 4.78 is 2.85. The second kappa shape index (κ2) is 8.10. The van der Waals surface area contributed by atoms with Gasteiger partial charge in [0, 0.05) is 13.1 Å². The fraction of sp³-hybridized carbons (Fsp3) is 0.381. The van der Waals surface area contributed by atoms with Crippen molar-refractivity contribution in [2.45, 2.75) is 33.2 Å². The van der Waals surface area contributed by atoms with Gasteiger partial charge in [0.1, 0.15) is 18.3 Å². The van der Waals surface area contributed by atoms with Crippen molar-refractivity contribution in [1.29, 1.82) is 0 Å². The number of aryl methyl sites for hydroxylation is 2. The Morgan fingerprint density at radius 2 is 1.80 bits per heavy atom. The van der Waals surface area contributed by atoms with E-state index in [2.05, 4.69) is 21.5 Å². The molecule has 156 valence electrons. The van der Waals surface area contributed by atoms with E-state index in [1.807, 2.05) is 26.0 Å². The average Bonchev–Trinajstić information content (AvgIpc) is 3.38. The standard InChI is InChI=1S/C21H24N6O3/c1-14-7-15(2)9-16(8-14)27-20-17(10-24-27)21(30)26(13-23-20)12-18(28)22-11-19(29)25-5-3-4-6-25/h7-10,13H,3-6,11-12H2,1-2H3,(H,22,28). The number of amides is 2. The zero-order valence-electron chi connectivity index (χ0n) is 17.1. The fourth-order valence-corrected chi connectivity index (χ4v) is 3.79. The summed E-state index contributed by atoms with van der Waals surface area (Å²) in [6.45, 7) is 5.20. The van der Waals surface area contributed by atoms with Gasteiger partial charge in [0.15, 0.2) is 5.65 Å². The van der Waals surface area contributed by atoms with Crippen molar-refractivity contribution >= 4 is 22.8 Å². The maximum absolute atomic E-state index is 12.8. The van der Waals surface area contributed by atoms with Gasteiger partial charge in [0.2, 0.25) is 11.8 Å². The summed E-state index contributed by atoms with van der Waals surface area (Å²) in [4.78, 5) is 43.2. The first-order chi connectivity index (χ1) is 14.4. The number of carbonyl (C=O) groups is 2. The zero-order chi connectivity index (χ0) is 21.3. The normalized spacial score (nSPS) is 13.7. The Hall–Kier alpha value is -3.49. The van der Waals surface area contributed by atoms with Crippen LogP contribution in [0.15, 0.2) is 35.5 Å². The van der Waals surface area contributed by atoms with Gasteiger partial charge in [-0.05, 0) is 49.9 Å². The highest BCUT2D eigenvalue weighted by Gasteiger charge is 2.19. The van der Waals surface area contributed by atoms with Crippen LogP contribution in [0.25, 0.3) is 16.7 Å². The summed E-state index contributed by atoms with van der Waals surface area (Å²) in [6.07, 6.45) is 4.80. The number of hydrogen-bond donors (Lipinski definition) is 1. The van der Waals surface area contributed by atoms with E-state index in [1.54, 1.807) is 9.58 Å². The molecule has 4 rings (SSSR count). The van der Waals surface area contributed by atoms with Gasteiger partial charge >= 0.3 is 0 Å². The summed E-state index contributed by atoms with van der Waals surface area (Å²) in [5.74, 6) is -0.510. The molecule has 1 aliphatic rings. The molecule has 9 heteroatoms. The van der Waals surface area contributed by atoms with Crippen molar-refractivity contribution in [3.63, 3.8) is 0 Å². The zero-order valence-corrected chi connectivity index (χ0v) is 17.1. The highest BCUT2D eigenvalue weighted by molar-refractivity contribution is 5.85. The smallest absolute Gasteiger partial charge is 0.264 e. The minimum absolute atomic E-state index is 0.0616. The molecule has 1 aliphatic heterocycles. The molecule has 2 amide bonds. The first kappa shape index (κ1) is 19.8. The number of nitrogens with zero attached hydrogens (tertiary/aromatic N) is 5. The number of benzene rings is 1. The van der Waals surface area contributed by atoms with Crippen LogP contribution in [0.5, 0.6) is 0 Å². The molecule has 9 nitrogen and oxygen atoms in total. The largest absolute Gasteiger partial charge is 0.345 e. The number of hydrogen-bond acceptors (Lipinski definition) is 5. The van der Waals surface area contributed by atoms with Gasteiger partial charge in [0.25, 0.3) is 5.56 Å². The molecule has 30 heavy (non-hydrogen) atoms. The van der Waals surface area contributed by atoms with E-state index in [0.717, 1.165) is 42.7 Å². The second-order valence-corrected chi connectivity index (χ2v) is 7.68. The lowest BCUT2D eigenvalue weighted by atomic mass is 10.1. The third-order valence-corrected chi connectivity index (χ3v) is 5.22. The van der Waals surface area contributed by atoms with E-state index in [1.165, 1.54) is 17.1 Å². The van der Waals surface area contributed by atoms with Crippen LogP contribution >= 0.6 is 0 Å². The average molecular weight is 408 g/mol. The van der Waals surface area contributed by atoms with Crippen molar-refractivity contribution in [2.75, 3.05) is 19.6 Å². The lowest BCUT2D eigenvalue weighted by molar-refractivity contribution is -0.132. The summed E-state index contributed by atoms with van der Waals surface area (Å²) in [6, 6.07) is 6.00. The van der Waals surface area contributed by atoms with Crippen LogP contribution in [0.2, 0.25) is 0 Å². The molecule has 1 N–H and O–H groups in total. The second-order valence-electron chi connectivity index (χ2n) is 7.68. The van der Waals surface area contributed by atoms with Crippen LogP contribution in [0.1, 0.15) is 24.0 Å². The van der Waals surface area contributed by atoms with E-state index >= 15 is 0 Å². The molecule has 0 bridgehead atoms. The number of carbonyl (C=O) groups excluding carboxylic acids is 2. The number of aromatic nitrogens is 4. The molecule has 3 aromatic rings. The minimum Gasteiger partial charge on any atom is -0.345 e. The molecule has 0 aliphatic carbocycles. The van der Waals surface area contributed by atoms with Gasteiger partial charge in [-0.3, -0.25) is 19.0 Å². The topological polar surface area (TPSA) is 102 Å². The highest BCUT2D eigenvalue weighted by atomic mass is 16.2. The minimum atomic E-state index is -0.410. The summed E-state index contributed by atoms with van der Waals surface area (Å²) in [7, 11) is 0. The molecule has 0 atom stereocenters. The number of fused-ring (bicyclic) bond motifs is 1. The molecule has 2 aromatic heterocycles. The molecule has 0 unspecified atom stereocenters. The molecular weight excluding hydrogens is 384 g/mol. The van der Waals surface area contributed by atoms with Crippen molar-refractivity contribution in [1.82, 2.24) is 29.5 Å². The van der Waals surface area contributed by atoms with Gasteiger partial charge in [-0.15, -0.1) is 0 Å². The van der Waals surface area contributed by atoms with E-state index < -0.39 is 5.91 Å². The maximum Gasteiger partial charge on any atom is 0.264 e. The van der Waals surface area contributed by atoms with Crippen LogP contribution in [-0.4, -0.2) is 55.7 Å². The lowest BCUT2D eigenvalue weighted by Gasteiger charge is -2.15. The van der Waals surface area contributed by atoms with Crippen LogP contribution in [0.4, 0.5) is 0 Å². The van der Waals surface area contributed by atoms with E-state index in [4.69, 9.17) is 0 Å². The molecule has 0 saturated carbocycles. The van der Waals surface area contributed by atoms with Gasteiger partial charge in [0.05, 0.1) is 18.4 Å². The van der Waals surface area contributed by atoms with Crippen LogP contribution in [-0.2, 0) is 16.1 Å². The molecule has 0 spiro atoms. The predicted octanol–water partition coefficient (Wildman–Crippen LogP) is 0.938. The van der Waals surface area contributed by atoms with Crippen molar-refractivity contribution in [3.8, 4) is 5.69 Å². The Balaban J connectivity index is 1.50. The third kappa shape index (κ3) is 3.96. The molecule has 1 fully saturated rings. The van der Waals surface area contributed by atoms with Gasteiger partial charge in [-0.2, -0.15) is 5.10 Å². The van der Waals surface area contributed by atoms with Crippen molar-refractivity contribution in [2.24, 2.45) is 0 Å². The van der Waals surface area contributed by atoms with Gasteiger partial charge < -0.3 is 10.2 Å². The SMILES string of the molecule is Cc1cc(C)cc(-n2ncc3c(=O)n(CC(=O)NCC(=O)N4CCCC4)cnc32)c1. The van der Waals surface area contributed by atoms with E-state index in [0.29, 0.717) is 11.0 Å². The summed E-state index contributed by atoms with van der Waals surface area (Å²) in [5, 5.41) is 7.24. The van der Waals surface area contributed by atoms with E-state index in [9.17, 15) is 14.4 Å². The Bertz CT molecular complexity index is 1150. The van der Waals surface area contributed by atoms with Crippen molar-refractivity contribution < 1.29 is 9.59 Å².